The number of fused-ring (bicyclic) bond motifs is 1. The van der Waals surface area contributed by atoms with Gasteiger partial charge in [0.25, 0.3) is 0 Å². The molecule has 3 aromatic rings. The number of hydrogen-bond donors (Lipinski definition) is 0. The molecule has 1 fully saturated rings. The lowest BCUT2D eigenvalue weighted by Gasteiger charge is -2.34. The summed E-state index contributed by atoms with van der Waals surface area (Å²) in [6.07, 6.45) is 1.04. The lowest BCUT2D eigenvalue weighted by Crippen LogP contribution is -2.42. The SMILES string of the molecule is Cc1noc(C)c1COn1nnc2ccc(S(=O)(=O)N3CC(C)CC(C)C3)cc21. The Hall–Kier alpha value is -2.46. The van der Waals surface area contributed by atoms with Crippen LogP contribution in [0.15, 0.2) is 27.6 Å². The molecule has 9 nitrogen and oxygen atoms in total. The first kappa shape index (κ1) is 19.8. The Bertz CT molecular complexity index is 1110. The molecule has 2 aromatic heterocycles. The summed E-state index contributed by atoms with van der Waals surface area (Å²) in [5.41, 5.74) is 2.62. The van der Waals surface area contributed by atoms with Gasteiger partial charge in [0.2, 0.25) is 10.0 Å². The van der Waals surface area contributed by atoms with Crippen LogP contribution in [0, 0.1) is 25.7 Å². The van der Waals surface area contributed by atoms with Gasteiger partial charge >= 0.3 is 0 Å². The minimum absolute atomic E-state index is 0.192. The predicted octanol–water partition coefficient (Wildman–Crippen LogP) is 2.33. The maximum absolute atomic E-state index is 13.2. The van der Waals surface area contributed by atoms with Crippen LogP contribution in [0.25, 0.3) is 11.0 Å². The van der Waals surface area contributed by atoms with Crippen molar-refractivity contribution in [2.45, 2.75) is 45.6 Å². The van der Waals surface area contributed by atoms with Crippen LogP contribution in [-0.2, 0) is 16.6 Å². The first-order valence-electron chi connectivity index (χ1n) is 9.66. The van der Waals surface area contributed by atoms with Gasteiger partial charge in [-0.2, -0.15) is 4.31 Å². The largest absolute Gasteiger partial charge is 0.390 e. The number of hydrogen-bond acceptors (Lipinski definition) is 7. The summed E-state index contributed by atoms with van der Waals surface area (Å²) in [6.45, 7) is 9.07. The molecular weight excluding hydrogens is 394 g/mol. The smallest absolute Gasteiger partial charge is 0.243 e. The molecule has 0 bridgehead atoms. The van der Waals surface area contributed by atoms with E-state index in [2.05, 4.69) is 29.3 Å². The highest BCUT2D eigenvalue weighted by atomic mass is 32.2. The second kappa shape index (κ2) is 7.42. The van der Waals surface area contributed by atoms with Crippen LogP contribution in [0.5, 0.6) is 0 Å². The molecule has 0 N–H and O–H groups in total. The first-order chi connectivity index (χ1) is 13.8. The molecule has 2 unspecified atom stereocenters. The molecule has 156 valence electrons. The van der Waals surface area contributed by atoms with Crippen LogP contribution < -0.4 is 4.84 Å². The number of piperidine rings is 1. The van der Waals surface area contributed by atoms with Crippen LogP contribution in [0.3, 0.4) is 0 Å². The van der Waals surface area contributed by atoms with E-state index in [1.54, 1.807) is 22.5 Å². The van der Waals surface area contributed by atoms with E-state index in [-0.39, 0.29) is 11.5 Å². The van der Waals surface area contributed by atoms with Gasteiger partial charge in [-0.05, 0) is 55.5 Å². The molecule has 0 spiro atoms. The molecule has 10 heteroatoms. The molecule has 3 heterocycles. The van der Waals surface area contributed by atoms with Gasteiger partial charge in [0.15, 0.2) is 0 Å². The standard InChI is InChI=1S/C19H25N5O4S/c1-12-7-13(2)10-23(9-12)29(25,26)16-5-6-18-19(8-16)24(22-20-18)27-11-17-14(3)21-28-15(17)4/h5-6,8,12-13H,7,9-11H2,1-4H3. The van der Waals surface area contributed by atoms with Gasteiger partial charge < -0.3 is 9.36 Å². The molecule has 0 amide bonds. The second-order valence-corrected chi connectivity index (χ2v) is 9.90. The normalized spacial score (nSPS) is 21.0. The summed E-state index contributed by atoms with van der Waals surface area (Å²) in [5.74, 6) is 1.34. The lowest BCUT2D eigenvalue weighted by molar-refractivity contribution is 0.0741. The van der Waals surface area contributed by atoms with E-state index >= 15 is 0 Å². The molecule has 0 saturated carbocycles. The maximum Gasteiger partial charge on any atom is 0.243 e. The Morgan fingerprint density at radius 1 is 1.21 bits per heavy atom. The third-order valence-electron chi connectivity index (χ3n) is 5.37. The third kappa shape index (κ3) is 3.74. The van der Waals surface area contributed by atoms with Gasteiger partial charge in [-0.15, -0.1) is 5.10 Å². The zero-order valence-corrected chi connectivity index (χ0v) is 17.8. The van der Waals surface area contributed by atoms with E-state index in [1.807, 2.05) is 13.8 Å². The first-order valence-corrected chi connectivity index (χ1v) is 11.1. The van der Waals surface area contributed by atoms with Crippen molar-refractivity contribution in [2.75, 3.05) is 13.1 Å². The molecule has 0 aliphatic carbocycles. The van der Waals surface area contributed by atoms with Gasteiger partial charge in [0, 0.05) is 13.1 Å². The van der Waals surface area contributed by atoms with Crippen molar-refractivity contribution in [3.63, 3.8) is 0 Å². The molecule has 29 heavy (non-hydrogen) atoms. The van der Waals surface area contributed by atoms with Gasteiger partial charge in [-0.3, -0.25) is 0 Å². The average Bonchev–Trinajstić information content (AvgIpc) is 3.22. The van der Waals surface area contributed by atoms with Gasteiger partial charge in [0.1, 0.15) is 23.4 Å². The van der Waals surface area contributed by atoms with Crippen molar-refractivity contribution in [2.24, 2.45) is 11.8 Å². The van der Waals surface area contributed by atoms with Crippen molar-refractivity contribution >= 4 is 21.1 Å². The summed E-state index contributed by atoms with van der Waals surface area (Å²) in [6, 6.07) is 4.80. The fraction of sp³-hybridized carbons (Fsp3) is 0.526. The minimum atomic E-state index is -3.60. The Morgan fingerprint density at radius 2 is 1.93 bits per heavy atom. The number of nitrogens with zero attached hydrogens (tertiary/aromatic N) is 5. The second-order valence-electron chi connectivity index (χ2n) is 7.96. The zero-order valence-electron chi connectivity index (χ0n) is 17.0. The van der Waals surface area contributed by atoms with Crippen LogP contribution in [0.1, 0.15) is 37.3 Å². The third-order valence-corrected chi connectivity index (χ3v) is 7.20. The van der Waals surface area contributed by atoms with Crippen molar-refractivity contribution in [1.82, 2.24) is 24.6 Å². The monoisotopic (exact) mass is 419 g/mol. The van der Waals surface area contributed by atoms with Crippen molar-refractivity contribution in [1.29, 1.82) is 0 Å². The van der Waals surface area contributed by atoms with Crippen molar-refractivity contribution in [3.8, 4) is 0 Å². The van der Waals surface area contributed by atoms with Crippen LogP contribution in [0.4, 0.5) is 0 Å². The average molecular weight is 420 g/mol. The van der Waals surface area contributed by atoms with Crippen molar-refractivity contribution < 1.29 is 17.8 Å². The predicted molar refractivity (Wildman–Crippen MR) is 105 cm³/mol. The number of benzene rings is 1. The topological polar surface area (TPSA) is 103 Å². The Labute approximate surface area is 169 Å². The summed E-state index contributed by atoms with van der Waals surface area (Å²) >= 11 is 0. The van der Waals surface area contributed by atoms with E-state index in [9.17, 15) is 8.42 Å². The van der Waals surface area contributed by atoms with Crippen LogP contribution in [-0.4, -0.2) is 46.1 Å². The number of aromatic nitrogens is 4. The summed E-state index contributed by atoms with van der Waals surface area (Å²) in [4.78, 5) is 7.22. The maximum atomic E-state index is 13.2. The highest BCUT2D eigenvalue weighted by molar-refractivity contribution is 7.89. The molecule has 1 saturated heterocycles. The van der Waals surface area contributed by atoms with E-state index in [4.69, 9.17) is 9.36 Å². The fourth-order valence-corrected chi connectivity index (χ4v) is 5.62. The molecule has 1 aliphatic heterocycles. The van der Waals surface area contributed by atoms with Gasteiger partial charge in [-0.25, -0.2) is 8.42 Å². The molecule has 2 atom stereocenters. The molecule has 0 radical (unpaired) electrons. The highest BCUT2D eigenvalue weighted by Crippen LogP contribution is 2.28. The van der Waals surface area contributed by atoms with Crippen molar-refractivity contribution in [3.05, 3.63) is 35.2 Å². The van der Waals surface area contributed by atoms with E-state index in [0.717, 1.165) is 17.7 Å². The Kier molecular flexibility index (Phi) is 5.07. The summed E-state index contributed by atoms with van der Waals surface area (Å²) in [5, 5.41) is 12.0. The molecule has 4 rings (SSSR count). The Balaban J connectivity index is 1.63. The van der Waals surface area contributed by atoms with Gasteiger partial charge in [0.05, 0.1) is 16.2 Å². The highest BCUT2D eigenvalue weighted by Gasteiger charge is 2.32. The van der Waals surface area contributed by atoms with Gasteiger partial charge in [-0.1, -0.05) is 23.8 Å². The van der Waals surface area contributed by atoms with E-state index < -0.39 is 10.0 Å². The Morgan fingerprint density at radius 3 is 2.59 bits per heavy atom. The summed E-state index contributed by atoms with van der Waals surface area (Å²) in [7, 11) is -3.60. The fourth-order valence-electron chi connectivity index (χ4n) is 3.92. The lowest BCUT2D eigenvalue weighted by atomic mass is 9.94. The van der Waals surface area contributed by atoms with E-state index in [0.29, 0.717) is 41.7 Å². The molecule has 1 aromatic carbocycles. The molecule has 1 aliphatic rings. The quantitative estimate of drug-likeness (QED) is 0.625. The van der Waals surface area contributed by atoms with Crippen LogP contribution in [0.2, 0.25) is 0 Å². The summed E-state index contributed by atoms with van der Waals surface area (Å²) < 4.78 is 33.1. The molecular formula is C19H25N5O4S. The minimum Gasteiger partial charge on any atom is -0.390 e. The number of aryl methyl sites for hydroxylation is 2. The van der Waals surface area contributed by atoms with E-state index in [1.165, 1.54) is 4.85 Å². The number of sulfonamides is 1. The number of rotatable bonds is 5. The van der Waals surface area contributed by atoms with Crippen LogP contribution >= 0.6 is 0 Å². The zero-order chi connectivity index (χ0) is 20.8.